The summed E-state index contributed by atoms with van der Waals surface area (Å²) in [6.07, 6.45) is 0. The van der Waals surface area contributed by atoms with E-state index < -0.39 is 9.85 Å². The first-order valence-corrected chi connectivity index (χ1v) is 6.38. The Morgan fingerprint density at radius 1 is 0.696 bits per heavy atom. The summed E-state index contributed by atoms with van der Waals surface area (Å²) in [4.78, 5) is 20.4. The average Bonchev–Trinajstić information content (AvgIpc) is 3.04. The van der Waals surface area contributed by atoms with E-state index in [4.69, 9.17) is 4.63 Å². The van der Waals surface area contributed by atoms with Crippen LogP contribution >= 0.6 is 0 Å². The van der Waals surface area contributed by atoms with Crippen LogP contribution in [-0.2, 0) is 0 Å². The van der Waals surface area contributed by atoms with E-state index in [-0.39, 0.29) is 11.4 Å². The fourth-order valence-electron chi connectivity index (χ4n) is 2.05. The van der Waals surface area contributed by atoms with Crippen LogP contribution in [0.25, 0.3) is 22.5 Å². The molecule has 3 rings (SSSR count). The van der Waals surface area contributed by atoms with Crippen LogP contribution in [0, 0.1) is 20.2 Å². The Morgan fingerprint density at radius 3 is 1.35 bits per heavy atom. The van der Waals surface area contributed by atoms with E-state index in [2.05, 4.69) is 10.3 Å². The minimum atomic E-state index is -0.498. The van der Waals surface area contributed by atoms with Gasteiger partial charge in [-0.05, 0) is 34.6 Å². The zero-order valence-electron chi connectivity index (χ0n) is 11.4. The number of nitro groups is 2. The molecule has 0 aliphatic heterocycles. The maximum Gasteiger partial charge on any atom is 0.269 e. The fraction of sp³-hybridized carbons (Fsp3) is 0. The summed E-state index contributed by atoms with van der Waals surface area (Å²) in [6.45, 7) is 0. The Morgan fingerprint density at radius 2 is 1.04 bits per heavy atom. The van der Waals surface area contributed by atoms with Gasteiger partial charge < -0.3 is 0 Å². The summed E-state index contributed by atoms with van der Waals surface area (Å²) in [5, 5.41) is 29.0. The summed E-state index contributed by atoms with van der Waals surface area (Å²) < 4.78 is 4.74. The van der Waals surface area contributed by atoms with Crippen molar-refractivity contribution in [2.45, 2.75) is 0 Å². The molecular formula is C14H8N4O5. The van der Waals surface area contributed by atoms with Crippen molar-refractivity contribution in [3.63, 3.8) is 0 Å². The highest BCUT2D eigenvalue weighted by Gasteiger charge is 2.16. The molecule has 3 aromatic rings. The quantitative estimate of drug-likeness (QED) is 0.534. The monoisotopic (exact) mass is 312 g/mol. The van der Waals surface area contributed by atoms with Gasteiger partial charge in [0.1, 0.15) is 11.4 Å². The SMILES string of the molecule is O=[N+]([O-])c1ccc(-c2nonc2-c2ccc([N+](=O)[O-])cc2)cc1. The first kappa shape index (κ1) is 14.3. The van der Waals surface area contributed by atoms with Gasteiger partial charge in [-0.15, -0.1) is 0 Å². The lowest BCUT2D eigenvalue weighted by Crippen LogP contribution is -1.89. The number of hydrogen-bond acceptors (Lipinski definition) is 7. The van der Waals surface area contributed by atoms with E-state index in [0.717, 1.165) is 0 Å². The van der Waals surface area contributed by atoms with Crippen LogP contribution in [0.2, 0.25) is 0 Å². The van der Waals surface area contributed by atoms with Crippen molar-refractivity contribution < 1.29 is 14.5 Å². The van der Waals surface area contributed by atoms with Crippen LogP contribution in [0.3, 0.4) is 0 Å². The van der Waals surface area contributed by atoms with Gasteiger partial charge in [-0.25, -0.2) is 4.63 Å². The smallest absolute Gasteiger partial charge is 0.258 e. The van der Waals surface area contributed by atoms with E-state index in [0.29, 0.717) is 22.5 Å². The van der Waals surface area contributed by atoms with Crippen molar-refractivity contribution in [2.24, 2.45) is 0 Å². The molecule has 0 aliphatic rings. The maximum atomic E-state index is 10.7. The van der Waals surface area contributed by atoms with Crippen molar-refractivity contribution in [3.8, 4) is 22.5 Å². The number of benzene rings is 2. The zero-order chi connectivity index (χ0) is 16.4. The molecule has 0 aliphatic carbocycles. The molecule has 9 heteroatoms. The van der Waals surface area contributed by atoms with Crippen molar-refractivity contribution in [1.82, 2.24) is 10.3 Å². The highest BCUT2D eigenvalue weighted by molar-refractivity contribution is 5.77. The largest absolute Gasteiger partial charge is 0.269 e. The molecule has 0 spiro atoms. The van der Waals surface area contributed by atoms with Gasteiger partial charge in [0.05, 0.1) is 9.85 Å². The lowest BCUT2D eigenvalue weighted by Gasteiger charge is -2.00. The van der Waals surface area contributed by atoms with Crippen molar-refractivity contribution in [2.75, 3.05) is 0 Å². The number of hydrogen-bond donors (Lipinski definition) is 0. The number of rotatable bonds is 4. The van der Waals surface area contributed by atoms with Crippen LogP contribution in [-0.4, -0.2) is 20.2 Å². The van der Waals surface area contributed by atoms with Crippen LogP contribution in [0.4, 0.5) is 11.4 Å². The zero-order valence-corrected chi connectivity index (χ0v) is 11.4. The second-order valence-electron chi connectivity index (χ2n) is 4.57. The van der Waals surface area contributed by atoms with Crippen molar-refractivity contribution in [1.29, 1.82) is 0 Å². The third-order valence-corrected chi connectivity index (χ3v) is 3.19. The van der Waals surface area contributed by atoms with Gasteiger partial charge in [-0.1, -0.05) is 0 Å². The van der Waals surface area contributed by atoms with Gasteiger partial charge in [-0.2, -0.15) is 0 Å². The van der Waals surface area contributed by atoms with Crippen LogP contribution < -0.4 is 0 Å². The standard InChI is InChI=1S/C14H8N4O5/c19-17(20)11-5-1-9(2-6-11)13-14(16-23-15-13)10-3-7-12(8-4-10)18(21)22/h1-8H. The topological polar surface area (TPSA) is 125 Å². The predicted molar refractivity (Wildman–Crippen MR) is 78.5 cm³/mol. The summed E-state index contributed by atoms with van der Waals surface area (Å²) in [5.41, 5.74) is 1.89. The molecule has 0 radical (unpaired) electrons. The molecule has 1 aromatic heterocycles. The summed E-state index contributed by atoms with van der Waals surface area (Å²) in [5.74, 6) is 0. The molecule has 0 amide bonds. The van der Waals surface area contributed by atoms with E-state index >= 15 is 0 Å². The Balaban J connectivity index is 1.98. The summed E-state index contributed by atoms with van der Waals surface area (Å²) in [7, 11) is 0. The normalized spacial score (nSPS) is 10.4. The van der Waals surface area contributed by atoms with Crippen LogP contribution in [0.15, 0.2) is 53.2 Å². The van der Waals surface area contributed by atoms with Crippen LogP contribution in [0.5, 0.6) is 0 Å². The number of non-ortho nitro benzene ring substituents is 2. The summed E-state index contributed by atoms with van der Waals surface area (Å²) in [6, 6.07) is 11.5. The first-order valence-electron chi connectivity index (χ1n) is 6.38. The Kier molecular flexibility index (Phi) is 3.51. The minimum absolute atomic E-state index is 0.0397. The number of nitro benzene ring substituents is 2. The molecule has 0 saturated heterocycles. The fourth-order valence-corrected chi connectivity index (χ4v) is 2.05. The lowest BCUT2D eigenvalue weighted by molar-refractivity contribution is -0.385. The molecule has 0 saturated carbocycles. The van der Waals surface area contributed by atoms with Gasteiger partial charge in [-0.3, -0.25) is 20.2 Å². The lowest BCUT2D eigenvalue weighted by atomic mass is 10.0. The van der Waals surface area contributed by atoms with E-state index in [1.807, 2.05) is 0 Å². The molecule has 9 nitrogen and oxygen atoms in total. The third-order valence-electron chi connectivity index (χ3n) is 3.19. The minimum Gasteiger partial charge on any atom is -0.258 e. The van der Waals surface area contributed by atoms with Crippen molar-refractivity contribution >= 4 is 11.4 Å². The van der Waals surface area contributed by atoms with Gasteiger partial charge in [0, 0.05) is 35.4 Å². The Labute approximate surface area is 128 Å². The van der Waals surface area contributed by atoms with Crippen molar-refractivity contribution in [3.05, 3.63) is 68.8 Å². The third kappa shape index (κ3) is 2.75. The summed E-state index contributed by atoms with van der Waals surface area (Å²) >= 11 is 0. The molecule has 114 valence electrons. The average molecular weight is 312 g/mol. The molecular weight excluding hydrogens is 304 g/mol. The number of nitrogens with zero attached hydrogens (tertiary/aromatic N) is 4. The molecule has 0 bridgehead atoms. The Hall–Kier alpha value is -3.62. The van der Waals surface area contributed by atoms with E-state index in [9.17, 15) is 20.2 Å². The molecule has 0 atom stereocenters. The van der Waals surface area contributed by atoms with E-state index in [1.54, 1.807) is 0 Å². The van der Waals surface area contributed by atoms with Gasteiger partial charge >= 0.3 is 0 Å². The van der Waals surface area contributed by atoms with Gasteiger partial charge in [0.15, 0.2) is 0 Å². The molecule has 2 aromatic carbocycles. The first-order chi connectivity index (χ1) is 11.1. The maximum absolute atomic E-state index is 10.7. The van der Waals surface area contributed by atoms with Gasteiger partial charge in [0.25, 0.3) is 11.4 Å². The second-order valence-corrected chi connectivity index (χ2v) is 4.57. The molecule has 0 N–H and O–H groups in total. The second kappa shape index (κ2) is 5.64. The molecule has 23 heavy (non-hydrogen) atoms. The van der Waals surface area contributed by atoms with E-state index in [1.165, 1.54) is 48.5 Å². The highest BCUT2D eigenvalue weighted by Crippen LogP contribution is 2.30. The number of aromatic nitrogens is 2. The predicted octanol–water partition coefficient (Wildman–Crippen LogP) is 3.22. The van der Waals surface area contributed by atoms with Gasteiger partial charge in [0.2, 0.25) is 0 Å². The Bertz CT molecular complexity index is 799. The molecule has 0 unspecified atom stereocenters. The molecule has 0 fully saturated rings. The molecule has 1 heterocycles. The highest BCUT2D eigenvalue weighted by atomic mass is 16.6. The van der Waals surface area contributed by atoms with Crippen LogP contribution in [0.1, 0.15) is 0 Å².